The van der Waals surface area contributed by atoms with Gasteiger partial charge in [-0.05, 0) is 17.7 Å². The first-order valence-corrected chi connectivity index (χ1v) is 8.19. The van der Waals surface area contributed by atoms with Crippen molar-refractivity contribution in [2.24, 2.45) is 0 Å². The SMILES string of the molecule is C=CCNC(=O)CC(NS(C)(=O)=O)c1ccc(Cl)cc1. The van der Waals surface area contributed by atoms with Crippen molar-refractivity contribution in [2.45, 2.75) is 12.5 Å². The summed E-state index contributed by atoms with van der Waals surface area (Å²) in [6.45, 7) is 3.84. The zero-order chi connectivity index (χ0) is 15.2. The predicted molar refractivity (Wildman–Crippen MR) is 80.0 cm³/mol. The van der Waals surface area contributed by atoms with Gasteiger partial charge in [-0.1, -0.05) is 29.8 Å². The Kier molecular flexibility index (Phi) is 6.19. The van der Waals surface area contributed by atoms with Gasteiger partial charge in [0.15, 0.2) is 0 Å². The van der Waals surface area contributed by atoms with Crippen LogP contribution in [0, 0.1) is 0 Å². The molecule has 0 aliphatic rings. The summed E-state index contributed by atoms with van der Waals surface area (Å²) in [7, 11) is -3.43. The van der Waals surface area contributed by atoms with E-state index in [0.717, 1.165) is 6.26 Å². The van der Waals surface area contributed by atoms with E-state index in [2.05, 4.69) is 16.6 Å². The molecule has 5 nitrogen and oxygen atoms in total. The van der Waals surface area contributed by atoms with Crippen LogP contribution in [-0.4, -0.2) is 27.1 Å². The number of carbonyl (C=O) groups is 1. The summed E-state index contributed by atoms with van der Waals surface area (Å²) in [5.41, 5.74) is 0.675. The fraction of sp³-hybridized carbons (Fsp3) is 0.308. The predicted octanol–water partition coefficient (Wildman–Crippen LogP) is 1.62. The highest BCUT2D eigenvalue weighted by Gasteiger charge is 2.19. The van der Waals surface area contributed by atoms with Crippen LogP contribution in [0.25, 0.3) is 0 Å². The second kappa shape index (κ2) is 7.42. The first-order valence-electron chi connectivity index (χ1n) is 5.92. The summed E-state index contributed by atoms with van der Waals surface area (Å²) in [5.74, 6) is -0.263. The van der Waals surface area contributed by atoms with Gasteiger partial charge in [0.2, 0.25) is 15.9 Å². The minimum Gasteiger partial charge on any atom is -0.353 e. The molecule has 0 radical (unpaired) electrons. The average molecular weight is 317 g/mol. The topological polar surface area (TPSA) is 75.3 Å². The molecule has 0 aromatic heterocycles. The van der Waals surface area contributed by atoms with Gasteiger partial charge in [-0.3, -0.25) is 4.79 Å². The number of benzene rings is 1. The van der Waals surface area contributed by atoms with Crippen molar-refractivity contribution in [3.05, 3.63) is 47.5 Å². The lowest BCUT2D eigenvalue weighted by atomic mass is 10.0. The maximum atomic E-state index is 11.7. The molecule has 1 aromatic carbocycles. The van der Waals surface area contributed by atoms with Crippen LogP contribution in [0.4, 0.5) is 0 Å². The van der Waals surface area contributed by atoms with Crippen LogP contribution >= 0.6 is 11.6 Å². The van der Waals surface area contributed by atoms with Gasteiger partial charge in [0, 0.05) is 18.0 Å². The van der Waals surface area contributed by atoms with E-state index in [1.54, 1.807) is 30.3 Å². The van der Waals surface area contributed by atoms with E-state index in [1.165, 1.54) is 0 Å². The molecule has 0 saturated carbocycles. The molecule has 0 saturated heterocycles. The number of rotatable bonds is 7. The summed E-state index contributed by atoms with van der Waals surface area (Å²) in [5, 5.41) is 3.16. The number of carbonyl (C=O) groups excluding carboxylic acids is 1. The first kappa shape index (κ1) is 16.7. The highest BCUT2D eigenvalue weighted by Crippen LogP contribution is 2.20. The lowest BCUT2D eigenvalue weighted by molar-refractivity contribution is -0.121. The smallest absolute Gasteiger partial charge is 0.222 e. The average Bonchev–Trinajstić information content (AvgIpc) is 2.35. The molecule has 1 rings (SSSR count). The molecule has 1 amide bonds. The molecule has 20 heavy (non-hydrogen) atoms. The molecular weight excluding hydrogens is 300 g/mol. The van der Waals surface area contributed by atoms with Crippen LogP contribution in [0.3, 0.4) is 0 Å². The van der Waals surface area contributed by atoms with Gasteiger partial charge in [-0.25, -0.2) is 13.1 Å². The fourth-order valence-corrected chi connectivity index (χ4v) is 2.49. The molecule has 1 aromatic rings. The minimum absolute atomic E-state index is 0.00252. The fourth-order valence-electron chi connectivity index (χ4n) is 1.62. The lowest BCUT2D eigenvalue weighted by Crippen LogP contribution is -2.33. The van der Waals surface area contributed by atoms with Gasteiger partial charge in [-0.15, -0.1) is 6.58 Å². The van der Waals surface area contributed by atoms with Gasteiger partial charge in [-0.2, -0.15) is 0 Å². The molecule has 1 unspecified atom stereocenters. The summed E-state index contributed by atoms with van der Waals surface area (Å²) in [4.78, 5) is 11.7. The third-order valence-electron chi connectivity index (χ3n) is 2.46. The monoisotopic (exact) mass is 316 g/mol. The molecule has 7 heteroatoms. The summed E-state index contributed by atoms with van der Waals surface area (Å²) < 4.78 is 25.2. The third-order valence-corrected chi connectivity index (χ3v) is 3.43. The van der Waals surface area contributed by atoms with Crippen LogP contribution in [0.1, 0.15) is 18.0 Å². The van der Waals surface area contributed by atoms with Crippen molar-refractivity contribution in [2.75, 3.05) is 12.8 Å². The molecule has 0 heterocycles. The Morgan fingerprint density at radius 3 is 2.50 bits per heavy atom. The number of hydrogen-bond acceptors (Lipinski definition) is 3. The number of sulfonamides is 1. The van der Waals surface area contributed by atoms with Crippen molar-refractivity contribution in [3.8, 4) is 0 Å². The van der Waals surface area contributed by atoms with Crippen LogP contribution < -0.4 is 10.0 Å². The lowest BCUT2D eigenvalue weighted by Gasteiger charge is -2.17. The van der Waals surface area contributed by atoms with E-state index in [1.807, 2.05) is 0 Å². The zero-order valence-electron chi connectivity index (χ0n) is 11.1. The Morgan fingerprint density at radius 1 is 1.40 bits per heavy atom. The minimum atomic E-state index is -3.43. The molecule has 0 spiro atoms. The standard InChI is InChI=1S/C13H17ClN2O3S/c1-3-8-15-13(17)9-12(16-20(2,18)19)10-4-6-11(14)7-5-10/h3-7,12,16H,1,8-9H2,2H3,(H,15,17). The van der Waals surface area contributed by atoms with Crippen LogP contribution in [0.15, 0.2) is 36.9 Å². The molecule has 2 N–H and O–H groups in total. The maximum absolute atomic E-state index is 11.7. The Balaban J connectivity index is 2.87. The normalized spacial score (nSPS) is 12.7. The van der Waals surface area contributed by atoms with Gasteiger partial charge in [0.05, 0.1) is 12.3 Å². The van der Waals surface area contributed by atoms with E-state index in [0.29, 0.717) is 17.1 Å². The Bertz CT molecular complexity index is 570. The number of amides is 1. The second-order valence-electron chi connectivity index (χ2n) is 4.29. The van der Waals surface area contributed by atoms with Crippen LogP contribution in [-0.2, 0) is 14.8 Å². The van der Waals surface area contributed by atoms with Crippen molar-refractivity contribution in [3.63, 3.8) is 0 Å². The van der Waals surface area contributed by atoms with Crippen molar-refractivity contribution in [1.82, 2.24) is 10.0 Å². The van der Waals surface area contributed by atoms with E-state index in [-0.39, 0.29) is 12.3 Å². The van der Waals surface area contributed by atoms with Gasteiger partial charge >= 0.3 is 0 Å². The summed E-state index contributed by atoms with van der Waals surface area (Å²) in [6.07, 6.45) is 2.61. The summed E-state index contributed by atoms with van der Waals surface area (Å²) in [6, 6.07) is 6.04. The molecule has 0 bridgehead atoms. The van der Waals surface area contributed by atoms with E-state index >= 15 is 0 Å². The van der Waals surface area contributed by atoms with Gasteiger partial charge in [0.25, 0.3) is 0 Å². The van der Waals surface area contributed by atoms with E-state index < -0.39 is 16.1 Å². The molecule has 1 atom stereocenters. The Hall–Kier alpha value is -1.37. The van der Waals surface area contributed by atoms with Crippen molar-refractivity contribution in [1.29, 1.82) is 0 Å². The first-order chi connectivity index (χ1) is 9.31. The van der Waals surface area contributed by atoms with Gasteiger partial charge < -0.3 is 5.32 Å². The molecule has 110 valence electrons. The second-order valence-corrected chi connectivity index (χ2v) is 6.51. The van der Waals surface area contributed by atoms with Crippen molar-refractivity contribution >= 4 is 27.5 Å². The van der Waals surface area contributed by atoms with Crippen LogP contribution in [0.2, 0.25) is 5.02 Å². The van der Waals surface area contributed by atoms with Gasteiger partial charge in [0.1, 0.15) is 0 Å². The highest BCUT2D eigenvalue weighted by molar-refractivity contribution is 7.88. The molecular formula is C13H17ClN2O3S. The van der Waals surface area contributed by atoms with Crippen LogP contribution in [0.5, 0.6) is 0 Å². The Morgan fingerprint density at radius 2 is 2.00 bits per heavy atom. The number of nitrogens with one attached hydrogen (secondary N) is 2. The number of halogens is 1. The zero-order valence-corrected chi connectivity index (χ0v) is 12.7. The van der Waals surface area contributed by atoms with E-state index in [9.17, 15) is 13.2 Å². The quantitative estimate of drug-likeness (QED) is 0.751. The summed E-state index contributed by atoms with van der Waals surface area (Å²) >= 11 is 5.79. The largest absolute Gasteiger partial charge is 0.353 e. The maximum Gasteiger partial charge on any atom is 0.222 e. The Labute approximate surface area is 124 Å². The number of hydrogen-bond donors (Lipinski definition) is 2. The van der Waals surface area contributed by atoms with Crippen molar-refractivity contribution < 1.29 is 13.2 Å². The molecule has 0 fully saturated rings. The molecule has 0 aliphatic heterocycles. The van der Waals surface area contributed by atoms with E-state index in [4.69, 9.17) is 11.6 Å². The highest BCUT2D eigenvalue weighted by atomic mass is 35.5. The molecule has 0 aliphatic carbocycles. The third kappa shape index (κ3) is 6.18.